The molecule has 2 N–H and O–H groups in total. The molecule has 1 aromatic carbocycles. The Labute approximate surface area is 264 Å². The number of benzene rings is 1. The molecule has 5 fully saturated rings. The predicted molar refractivity (Wildman–Crippen MR) is 170 cm³/mol. The summed E-state index contributed by atoms with van der Waals surface area (Å²) in [5.41, 5.74) is 1.09. The summed E-state index contributed by atoms with van der Waals surface area (Å²) >= 11 is 0. The highest BCUT2D eigenvalue weighted by Crippen LogP contribution is 2.48. The number of hydrogen-bond donors (Lipinski definition) is 2. The van der Waals surface area contributed by atoms with Gasteiger partial charge in [0, 0.05) is 56.9 Å². The number of carbonyl (C=O) groups is 2. The first-order valence-corrected chi connectivity index (χ1v) is 16.8. The molecule has 2 bridgehead atoms. The van der Waals surface area contributed by atoms with E-state index in [1.807, 2.05) is 6.07 Å². The van der Waals surface area contributed by atoms with Crippen molar-refractivity contribution in [2.24, 2.45) is 11.8 Å². The van der Waals surface area contributed by atoms with E-state index in [2.05, 4.69) is 58.1 Å². The van der Waals surface area contributed by atoms with Crippen LogP contribution in [-0.2, 0) is 9.53 Å². The van der Waals surface area contributed by atoms with Gasteiger partial charge in [0.15, 0.2) is 0 Å². The van der Waals surface area contributed by atoms with E-state index in [9.17, 15) is 14.7 Å². The molecular weight excluding hydrogens is 564 g/mol. The van der Waals surface area contributed by atoms with Crippen LogP contribution in [0, 0.1) is 11.8 Å². The molecule has 4 heterocycles. The fourth-order valence-electron chi connectivity index (χ4n) is 9.02. The van der Waals surface area contributed by atoms with Gasteiger partial charge in [-0.2, -0.15) is 0 Å². The summed E-state index contributed by atoms with van der Waals surface area (Å²) in [7, 11) is 0. The number of amides is 3. The van der Waals surface area contributed by atoms with Crippen molar-refractivity contribution in [3.63, 3.8) is 0 Å². The zero-order valence-electron chi connectivity index (χ0n) is 26.2. The molecule has 0 radical (unpaired) electrons. The van der Waals surface area contributed by atoms with Crippen molar-refractivity contribution in [3.05, 3.63) is 35.9 Å². The fourth-order valence-corrected chi connectivity index (χ4v) is 9.02. The maximum Gasteiger partial charge on any atom is 0.320 e. The van der Waals surface area contributed by atoms with Crippen molar-refractivity contribution >= 4 is 24.3 Å². The molecule has 8 nitrogen and oxygen atoms in total. The molecular formula is C34H53ClN4O4. The minimum Gasteiger partial charge on any atom is -0.393 e. The number of fused-ring (bicyclic) bond motifs is 2. The second-order valence-electron chi connectivity index (χ2n) is 14.2. The SMILES string of the molecule is CC(C)N1C(=O)N(CC2CCOCC2)CC12CC1CCC(C2)N1CC[C@H](NC(=O)C1CCC(O)CC1)c1ccccc1.Cl. The maximum atomic E-state index is 13.8. The van der Waals surface area contributed by atoms with Gasteiger partial charge < -0.3 is 25.0 Å². The van der Waals surface area contributed by atoms with Gasteiger partial charge in [-0.3, -0.25) is 9.69 Å². The lowest BCUT2D eigenvalue weighted by Crippen LogP contribution is -2.60. The van der Waals surface area contributed by atoms with E-state index in [-0.39, 0.29) is 54.0 Å². The first-order chi connectivity index (χ1) is 20.3. The van der Waals surface area contributed by atoms with Crippen molar-refractivity contribution in [2.75, 3.05) is 32.8 Å². The van der Waals surface area contributed by atoms with Crippen LogP contribution in [-0.4, -0.2) is 94.4 Å². The van der Waals surface area contributed by atoms with E-state index in [0.29, 0.717) is 18.0 Å². The van der Waals surface area contributed by atoms with Crippen LogP contribution in [0.4, 0.5) is 4.79 Å². The summed E-state index contributed by atoms with van der Waals surface area (Å²) in [6.45, 7) is 8.69. The Hall–Kier alpha value is -1.87. The molecule has 1 saturated carbocycles. The summed E-state index contributed by atoms with van der Waals surface area (Å²) in [6.07, 6.45) is 10.2. The number of aliphatic hydroxyl groups is 1. The lowest BCUT2D eigenvalue weighted by molar-refractivity contribution is -0.127. The van der Waals surface area contributed by atoms with E-state index in [1.54, 1.807) is 0 Å². The summed E-state index contributed by atoms with van der Waals surface area (Å²) in [5, 5.41) is 13.3. The third-order valence-electron chi connectivity index (χ3n) is 11.1. The van der Waals surface area contributed by atoms with Gasteiger partial charge >= 0.3 is 6.03 Å². The Balaban J connectivity index is 0.00000368. The van der Waals surface area contributed by atoms with E-state index in [1.165, 1.54) is 18.4 Å². The smallest absolute Gasteiger partial charge is 0.320 e. The molecule has 4 aliphatic heterocycles. The number of hydrogen-bond acceptors (Lipinski definition) is 5. The van der Waals surface area contributed by atoms with E-state index < -0.39 is 0 Å². The zero-order chi connectivity index (χ0) is 29.3. The average Bonchev–Trinajstić information content (AvgIpc) is 3.40. The first kappa shape index (κ1) is 32.5. The maximum absolute atomic E-state index is 13.8. The standard InChI is InChI=1S/C34H52N4O4.ClH/c1-24(2)38-33(41)36(22-25-15-18-42-19-16-25)23-34(38)20-28-10-11-29(21-34)37(28)17-14-31(26-6-4-3-5-7-26)35-32(40)27-8-12-30(39)13-9-27;/h3-7,24-25,27-31,39H,8-23H2,1-2H3,(H,35,40);1H/t27?,28?,29?,30?,31-,34?;/m0./s1. The molecule has 240 valence electrons. The lowest BCUT2D eigenvalue weighted by Gasteiger charge is -2.49. The molecule has 4 saturated heterocycles. The quantitative estimate of drug-likeness (QED) is 0.401. The minimum absolute atomic E-state index is 0. The number of nitrogens with one attached hydrogen (secondary N) is 1. The molecule has 1 aromatic rings. The highest BCUT2D eigenvalue weighted by Gasteiger charge is 2.57. The van der Waals surface area contributed by atoms with Crippen molar-refractivity contribution in [3.8, 4) is 0 Å². The Morgan fingerprint density at radius 3 is 2.28 bits per heavy atom. The lowest BCUT2D eigenvalue weighted by atomic mass is 9.81. The third-order valence-corrected chi connectivity index (χ3v) is 11.1. The molecule has 5 aliphatic rings. The highest BCUT2D eigenvalue weighted by atomic mass is 35.5. The second-order valence-corrected chi connectivity index (χ2v) is 14.2. The Kier molecular flexibility index (Phi) is 10.6. The number of nitrogens with zero attached hydrogens (tertiary/aromatic N) is 3. The molecule has 2 unspecified atom stereocenters. The van der Waals surface area contributed by atoms with Crippen LogP contribution in [0.25, 0.3) is 0 Å². The molecule has 3 atom stereocenters. The van der Waals surface area contributed by atoms with Crippen LogP contribution in [0.5, 0.6) is 0 Å². The van der Waals surface area contributed by atoms with Crippen LogP contribution in [0.3, 0.4) is 0 Å². The summed E-state index contributed by atoms with van der Waals surface area (Å²) in [6, 6.07) is 11.8. The third kappa shape index (κ3) is 7.03. The van der Waals surface area contributed by atoms with Crippen molar-refractivity contribution in [1.29, 1.82) is 0 Å². The van der Waals surface area contributed by atoms with Gasteiger partial charge in [-0.05, 0) is 96.0 Å². The molecule has 1 spiro atoms. The van der Waals surface area contributed by atoms with Crippen LogP contribution in [0.1, 0.15) is 96.1 Å². The topological polar surface area (TPSA) is 85.4 Å². The normalized spacial score (nSPS) is 32.3. The van der Waals surface area contributed by atoms with Crippen LogP contribution < -0.4 is 5.32 Å². The summed E-state index contributed by atoms with van der Waals surface area (Å²) in [4.78, 5) is 34.2. The average molecular weight is 617 g/mol. The van der Waals surface area contributed by atoms with Gasteiger partial charge in [-0.15, -0.1) is 12.4 Å². The van der Waals surface area contributed by atoms with Crippen molar-refractivity contribution in [2.45, 2.75) is 120 Å². The molecule has 3 amide bonds. The Morgan fingerprint density at radius 2 is 1.65 bits per heavy atom. The number of aliphatic hydroxyl groups excluding tert-OH is 1. The number of rotatable bonds is 9. The zero-order valence-corrected chi connectivity index (χ0v) is 27.0. The number of halogens is 1. The number of piperidine rings is 1. The molecule has 0 aromatic heterocycles. The minimum atomic E-state index is -0.257. The van der Waals surface area contributed by atoms with Crippen molar-refractivity contribution < 1.29 is 19.4 Å². The van der Waals surface area contributed by atoms with Gasteiger partial charge in [-0.1, -0.05) is 30.3 Å². The molecule has 1 aliphatic carbocycles. The number of urea groups is 1. The highest BCUT2D eigenvalue weighted by molar-refractivity contribution is 5.85. The molecule has 43 heavy (non-hydrogen) atoms. The number of ether oxygens (including phenoxy) is 1. The van der Waals surface area contributed by atoms with Crippen LogP contribution >= 0.6 is 12.4 Å². The van der Waals surface area contributed by atoms with Gasteiger partial charge in [0.1, 0.15) is 0 Å². The van der Waals surface area contributed by atoms with Gasteiger partial charge in [0.25, 0.3) is 0 Å². The van der Waals surface area contributed by atoms with Gasteiger partial charge in [0.05, 0.1) is 17.7 Å². The molecule has 6 rings (SSSR count). The number of carbonyl (C=O) groups excluding carboxylic acids is 2. The Morgan fingerprint density at radius 1 is 1.00 bits per heavy atom. The van der Waals surface area contributed by atoms with Crippen LogP contribution in [0.2, 0.25) is 0 Å². The Bertz CT molecular complexity index is 1060. The fraction of sp³-hybridized carbons (Fsp3) is 0.765. The summed E-state index contributed by atoms with van der Waals surface area (Å²) in [5.74, 6) is 0.683. The van der Waals surface area contributed by atoms with Gasteiger partial charge in [0.2, 0.25) is 5.91 Å². The molecule has 9 heteroatoms. The van der Waals surface area contributed by atoms with E-state index >= 15 is 0 Å². The second kappa shape index (κ2) is 14.1. The monoisotopic (exact) mass is 616 g/mol. The largest absolute Gasteiger partial charge is 0.393 e. The van der Waals surface area contributed by atoms with E-state index in [0.717, 1.165) is 90.6 Å². The van der Waals surface area contributed by atoms with E-state index in [4.69, 9.17) is 4.74 Å². The first-order valence-electron chi connectivity index (χ1n) is 16.8. The van der Waals surface area contributed by atoms with Crippen LogP contribution in [0.15, 0.2) is 30.3 Å². The predicted octanol–water partition coefficient (Wildman–Crippen LogP) is 5.15. The van der Waals surface area contributed by atoms with Crippen molar-refractivity contribution in [1.82, 2.24) is 20.0 Å². The van der Waals surface area contributed by atoms with Gasteiger partial charge in [-0.25, -0.2) is 4.79 Å². The summed E-state index contributed by atoms with van der Waals surface area (Å²) < 4.78 is 5.58.